The van der Waals surface area contributed by atoms with Crippen LogP contribution < -0.4 is 5.32 Å². The lowest BCUT2D eigenvalue weighted by Crippen LogP contribution is -2.51. The number of nitriles is 1. The van der Waals surface area contributed by atoms with E-state index >= 15 is 0 Å². The van der Waals surface area contributed by atoms with Gasteiger partial charge in [-0.2, -0.15) is 5.26 Å². The fourth-order valence-corrected chi connectivity index (χ4v) is 2.84. The standard InChI is InChI=1S/C17H16N4O2S/c18-12-13-3-1-4-14(11-13)19-17(24)21-8-6-20(7-9-21)16(22)15-5-2-10-23-15/h1-5,10-11H,6-9H2,(H,19,24). The number of carbonyl (C=O) groups is 1. The highest BCUT2D eigenvalue weighted by molar-refractivity contribution is 7.80. The van der Waals surface area contributed by atoms with Gasteiger partial charge in [-0.05, 0) is 42.5 Å². The minimum absolute atomic E-state index is 0.0970. The average molecular weight is 340 g/mol. The van der Waals surface area contributed by atoms with E-state index in [1.165, 1.54) is 6.26 Å². The molecule has 1 amide bonds. The van der Waals surface area contributed by atoms with Crippen LogP contribution in [-0.4, -0.2) is 47.0 Å². The number of hydrogen-bond donors (Lipinski definition) is 1. The van der Waals surface area contributed by atoms with Gasteiger partial charge in [0.25, 0.3) is 5.91 Å². The Bertz CT molecular complexity index is 774. The van der Waals surface area contributed by atoms with Crippen molar-refractivity contribution in [2.45, 2.75) is 0 Å². The number of amides is 1. The molecule has 0 atom stereocenters. The number of nitrogens with one attached hydrogen (secondary N) is 1. The Kier molecular flexibility index (Phi) is 4.77. The van der Waals surface area contributed by atoms with E-state index in [0.717, 1.165) is 5.69 Å². The molecule has 24 heavy (non-hydrogen) atoms. The fourth-order valence-electron chi connectivity index (χ4n) is 2.54. The Morgan fingerprint density at radius 1 is 1.17 bits per heavy atom. The third kappa shape index (κ3) is 3.55. The van der Waals surface area contributed by atoms with Gasteiger partial charge in [0.2, 0.25) is 0 Å². The SMILES string of the molecule is N#Cc1cccc(NC(=S)N2CCN(C(=O)c3ccco3)CC2)c1. The molecule has 1 aromatic carbocycles. The molecule has 0 spiro atoms. The number of thiocarbonyl (C=S) groups is 1. The van der Waals surface area contributed by atoms with Crippen LogP contribution in [0.3, 0.4) is 0 Å². The number of furan rings is 1. The summed E-state index contributed by atoms with van der Waals surface area (Å²) in [7, 11) is 0. The largest absolute Gasteiger partial charge is 0.459 e. The first-order valence-electron chi connectivity index (χ1n) is 7.56. The minimum Gasteiger partial charge on any atom is -0.459 e. The van der Waals surface area contributed by atoms with Crippen molar-refractivity contribution in [3.05, 3.63) is 54.0 Å². The average Bonchev–Trinajstić information content (AvgIpc) is 3.16. The first-order valence-corrected chi connectivity index (χ1v) is 7.97. The summed E-state index contributed by atoms with van der Waals surface area (Å²) >= 11 is 5.43. The molecule has 1 aliphatic rings. The summed E-state index contributed by atoms with van der Waals surface area (Å²) in [5, 5.41) is 12.7. The van der Waals surface area contributed by atoms with Gasteiger partial charge in [-0.1, -0.05) is 6.07 Å². The van der Waals surface area contributed by atoms with Crippen molar-refractivity contribution in [1.29, 1.82) is 5.26 Å². The highest BCUT2D eigenvalue weighted by Crippen LogP contribution is 2.13. The van der Waals surface area contributed by atoms with Gasteiger partial charge >= 0.3 is 0 Å². The highest BCUT2D eigenvalue weighted by atomic mass is 32.1. The van der Waals surface area contributed by atoms with Crippen LogP contribution in [0.5, 0.6) is 0 Å². The maximum absolute atomic E-state index is 12.2. The molecule has 122 valence electrons. The van der Waals surface area contributed by atoms with Crippen molar-refractivity contribution < 1.29 is 9.21 Å². The van der Waals surface area contributed by atoms with E-state index in [0.29, 0.717) is 42.6 Å². The van der Waals surface area contributed by atoms with Crippen LogP contribution in [0.1, 0.15) is 16.1 Å². The maximum Gasteiger partial charge on any atom is 0.289 e. The van der Waals surface area contributed by atoms with E-state index in [-0.39, 0.29) is 5.91 Å². The summed E-state index contributed by atoms with van der Waals surface area (Å²) in [6, 6.07) is 12.6. The number of nitrogens with zero attached hydrogens (tertiary/aromatic N) is 3. The number of rotatable bonds is 2. The van der Waals surface area contributed by atoms with Crippen LogP contribution in [0.15, 0.2) is 47.1 Å². The van der Waals surface area contributed by atoms with E-state index in [9.17, 15) is 4.79 Å². The maximum atomic E-state index is 12.2. The zero-order chi connectivity index (χ0) is 16.9. The predicted octanol–water partition coefficient (Wildman–Crippen LogP) is 2.31. The lowest BCUT2D eigenvalue weighted by Gasteiger charge is -2.35. The topological polar surface area (TPSA) is 72.5 Å². The molecular formula is C17H16N4O2S. The summed E-state index contributed by atoms with van der Waals surface area (Å²) in [4.78, 5) is 16.0. The van der Waals surface area contributed by atoms with Crippen LogP contribution in [-0.2, 0) is 0 Å². The predicted molar refractivity (Wildman–Crippen MR) is 93.6 cm³/mol. The fraction of sp³-hybridized carbons (Fsp3) is 0.235. The summed E-state index contributed by atoms with van der Waals surface area (Å²) in [5.41, 5.74) is 1.37. The van der Waals surface area contributed by atoms with Crippen molar-refractivity contribution in [3.8, 4) is 6.07 Å². The van der Waals surface area contributed by atoms with Crippen molar-refractivity contribution in [2.75, 3.05) is 31.5 Å². The second-order valence-corrected chi connectivity index (χ2v) is 5.77. The van der Waals surface area contributed by atoms with Crippen LogP contribution in [0, 0.1) is 11.3 Å². The minimum atomic E-state index is -0.0970. The van der Waals surface area contributed by atoms with Gasteiger partial charge in [0, 0.05) is 31.9 Å². The van der Waals surface area contributed by atoms with Gasteiger partial charge in [0.05, 0.1) is 17.9 Å². The zero-order valence-corrected chi connectivity index (χ0v) is 13.8. The highest BCUT2D eigenvalue weighted by Gasteiger charge is 2.24. The normalized spacial score (nSPS) is 14.1. The number of piperazine rings is 1. The zero-order valence-electron chi connectivity index (χ0n) is 12.9. The Morgan fingerprint density at radius 2 is 1.92 bits per heavy atom. The second kappa shape index (κ2) is 7.15. The monoisotopic (exact) mass is 340 g/mol. The molecule has 7 heteroatoms. The Hall–Kier alpha value is -2.85. The Balaban J connectivity index is 1.55. The number of benzene rings is 1. The molecule has 1 aromatic heterocycles. The molecule has 6 nitrogen and oxygen atoms in total. The number of carbonyl (C=O) groups excluding carboxylic acids is 1. The van der Waals surface area contributed by atoms with Gasteiger partial charge in [0.1, 0.15) is 0 Å². The van der Waals surface area contributed by atoms with Crippen LogP contribution >= 0.6 is 12.2 Å². The molecule has 1 aliphatic heterocycles. The summed E-state index contributed by atoms with van der Waals surface area (Å²) in [6.07, 6.45) is 1.50. The van der Waals surface area contributed by atoms with Crippen molar-refractivity contribution in [1.82, 2.24) is 9.80 Å². The third-order valence-electron chi connectivity index (χ3n) is 3.83. The molecule has 1 saturated heterocycles. The van der Waals surface area contributed by atoms with Gasteiger partial charge in [-0.15, -0.1) is 0 Å². The molecule has 2 aromatic rings. The van der Waals surface area contributed by atoms with E-state index in [1.54, 1.807) is 29.2 Å². The summed E-state index contributed by atoms with van der Waals surface area (Å²) < 4.78 is 5.15. The lowest BCUT2D eigenvalue weighted by molar-refractivity contribution is 0.0661. The molecule has 1 fully saturated rings. The molecular weight excluding hydrogens is 324 g/mol. The molecule has 0 radical (unpaired) electrons. The molecule has 0 saturated carbocycles. The summed E-state index contributed by atoms with van der Waals surface area (Å²) in [6.45, 7) is 2.46. The molecule has 0 aliphatic carbocycles. The van der Waals surface area contributed by atoms with Crippen LogP contribution in [0.4, 0.5) is 5.69 Å². The lowest BCUT2D eigenvalue weighted by atomic mass is 10.2. The van der Waals surface area contributed by atoms with E-state index in [2.05, 4.69) is 11.4 Å². The molecule has 3 rings (SSSR count). The van der Waals surface area contributed by atoms with Gasteiger partial charge in [0.15, 0.2) is 10.9 Å². The van der Waals surface area contributed by atoms with Crippen molar-refractivity contribution in [3.63, 3.8) is 0 Å². The molecule has 2 heterocycles. The van der Waals surface area contributed by atoms with Gasteiger partial charge < -0.3 is 19.5 Å². The number of hydrogen-bond acceptors (Lipinski definition) is 4. The Labute approximate surface area is 145 Å². The van der Waals surface area contributed by atoms with E-state index in [1.807, 2.05) is 17.0 Å². The van der Waals surface area contributed by atoms with Crippen molar-refractivity contribution in [2.24, 2.45) is 0 Å². The number of anilines is 1. The summed E-state index contributed by atoms with van der Waals surface area (Å²) in [5.74, 6) is 0.262. The van der Waals surface area contributed by atoms with Gasteiger partial charge in [-0.25, -0.2) is 0 Å². The smallest absolute Gasteiger partial charge is 0.289 e. The molecule has 0 bridgehead atoms. The van der Waals surface area contributed by atoms with E-state index in [4.69, 9.17) is 21.9 Å². The van der Waals surface area contributed by atoms with Gasteiger partial charge in [-0.3, -0.25) is 4.79 Å². The van der Waals surface area contributed by atoms with E-state index < -0.39 is 0 Å². The van der Waals surface area contributed by atoms with Crippen LogP contribution in [0.2, 0.25) is 0 Å². The first kappa shape index (κ1) is 16.0. The molecule has 1 N–H and O–H groups in total. The quantitative estimate of drug-likeness (QED) is 0.846. The second-order valence-electron chi connectivity index (χ2n) is 5.38. The Morgan fingerprint density at radius 3 is 2.58 bits per heavy atom. The first-order chi connectivity index (χ1) is 11.7. The van der Waals surface area contributed by atoms with Crippen molar-refractivity contribution >= 4 is 28.9 Å². The van der Waals surface area contributed by atoms with Crippen LogP contribution in [0.25, 0.3) is 0 Å². The molecule has 0 unspecified atom stereocenters. The third-order valence-corrected chi connectivity index (χ3v) is 4.19.